The largest absolute Gasteiger partial charge is 0.268 e. The average Bonchev–Trinajstić information content (AvgIpc) is 2.56. The van der Waals surface area contributed by atoms with Gasteiger partial charge in [-0.2, -0.15) is 5.10 Å². The molecule has 1 rings (SSSR count). The van der Waals surface area contributed by atoms with E-state index in [-0.39, 0.29) is 5.41 Å². The van der Waals surface area contributed by atoms with E-state index in [1.165, 1.54) is 10.2 Å². The smallest absolute Gasteiger partial charge is 0.0738 e. The van der Waals surface area contributed by atoms with E-state index in [1.54, 1.807) is 0 Å². The molecule has 1 aromatic heterocycles. The monoisotopic (exact) mass is 364 g/mol. The third-order valence-electron chi connectivity index (χ3n) is 3.72. The molecule has 0 amide bonds. The van der Waals surface area contributed by atoms with Crippen molar-refractivity contribution < 1.29 is 0 Å². The molecule has 0 saturated carbocycles. The van der Waals surface area contributed by atoms with Crippen LogP contribution >= 0.6 is 31.9 Å². The van der Waals surface area contributed by atoms with Gasteiger partial charge in [0.05, 0.1) is 15.9 Å². The van der Waals surface area contributed by atoms with Gasteiger partial charge in [-0.05, 0) is 47.5 Å². The number of alkyl halides is 1. The Morgan fingerprint density at radius 1 is 1.41 bits per heavy atom. The van der Waals surface area contributed by atoms with E-state index < -0.39 is 0 Å². The molecule has 0 bridgehead atoms. The number of hydrogen-bond donors (Lipinski definition) is 0. The maximum Gasteiger partial charge on any atom is 0.0738 e. The van der Waals surface area contributed by atoms with Gasteiger partial charge in [0.15, 0.2) is 0 Å². The van der Waals surface area contributed by atoms with Crippen molar-refractivity contribution in [3.05, 3.63) is 15.9 Å². The summed E-state index contributed by atoms with van der Waals surface area (Å²) < 4.78 is 3.29. The summed E-state index contributed by atoms with van der Waals surface area (Å²) >= 11 is 7.34. The highest BCUT2D eigenvalue weighted by Crippen LogP contribution is 2.36. The van der Waals surface area contributed by atoms with Gasteiger partial charge in [-0.25, -0.2) is 0 Å². The van der Waals surface area contributed by atoms with E-state index in [1.807, 2.05) is 0 Å². The predicted molar refractivity (Wildman–Crippen MR) is 80.8 cm³/mol. The summed E-state index contributed by atoms with van der Waals surface area (Å²) in [5.41, 5.74) is 2.67. The molecule has 1 heterocycles. The Morgan fingerprint density at radius 3 is 2.41 bits per heavy atom. The Hall–Kier alpha value is 0.170. The average molecular weight is 366 g/mol. The topological polar surface area (TPSA) is 17.8 Å². The van der Waals surface area contributed by atoms with Crippen LogP contribution in [0.4, 0.5) is 0 Å². The SMILES string of the molecule is CCn1nc(C)c(Br)c1CC(C)(CBr)C(C)C. The van der Waals surface area contributed by atoms with Crippen molar-refractivity contribution >= 4 is 31.9 Å². The second-order valence-electron chi connectivity index (χ2n) is 5.28. The molecular formula is C13H22Br2N2. The molecule has 0 aliphatic rings. The Kier molecular flexibility index (Phi) is 5.26. The Morgan fingerprint density at radius 2 is 2.00 bits per heavy atom. The molecule has 17 heavy (non-hydrogen) atoms. The number of hydrogen-bond acceptors (Lipinski definition) is 1. The molecule has 2 nitrogen and oxygen atoms in total. The minimum Gasteiger partial charge on any atom is -0.268 e. The van der Waals surface area contributed by atoms with Crippen molar-refractivity contribution in [3.8, 4) is 0 Å². The van der Waals surface area contributed by atoms with Gasteiger partial charge in [0.2, 0.25) is 0 Å². The van der Waals surface area contributed by atoms with Crippen LogP contribution in [0.1, 0.15) is 39.1 Å². The van der Waals surface area contributed by atoms with Crippen molar-refractivity contribution in [1.29, 1.82) is 0 Å². The van der Waals surface area contributed by atoms with Crippen LogP contribution in [0, 0.1) is 18.3 Å². The second-order valence-corrected chi connectivity index (χ2v) is 6.63. The molecule has 0 N–H and O–H groups in total. The first kappa shape index (κ1) is 15.2. The molecule has 0 radical (unpaired) electrons. The first-order chi connectivity index (χ1) is 7.85. The molecule has 1 atom stereocenters. The van der Waals surface area contributed by atoms with Crippen LogP contribution in [0.5, 0.6) is 0 Å². The zero-order valence-electron chi connectivity index (χ0n) is 11.3. The standard InChI is InChI=1S/C13H22Br2N2/c1-6-17-11(12(15)10(4)16-17)7-13(5,8-14)9(2)3/h9H,6-8H2,1-5H3. The van der Waals surface area contributed by atoms with Gasteiger partial charge in [0, 0.05) is 11.9 Å². The van der Waals surface area contributed by atoms with Gasteiger partial charge in [-0.3, -0.25) is 4.68 Å². The fourth-order valence-electron chi connectivity index (χ4n) is 1.83. The van der Waals surface area contributed by atoms with Crippen molar-refractivity contribution in [2.75, 3.05) is 5.33 Å². The maximum absolute atomic E-state index is 4.56. The van der Waals surface area contributed by atoms with Crippen LogP contribution in [-0.4, -0.2) is 15.1 Å². The van der Waals surface area contributed by atoms with Crippen molar-refractivity contribution in [2.45, 2.75) is 47.6 Å². The minimum absolute atomic E-state index is 0.266. The lowest BCUT2D eigenvalue weighted by Gasteiger charge is -2.32. The Balaban J connectivity index is 3.09. The molecule has 1 unspecified atom stereocenters. The molecule has 0 aliphatic carbocycles. The number of aromatic nitrogens is 2. The molecule has 0 aromatic carbocycles. The summed E-state index contributed by atoms with van der Waals surface area (Å²) in [5, 5.41) is 5.57. The highest BCUT2D eigenvalue weighted by atomic mass is 79.9. The fourth-order valence-corrected chi connectivity index (χ4v) is 3.10. The minimum atomic E-state index is 0.266. The van der Waals surface area contributed by atoms with Crippen LogP contribution in [0.2, 0.25) is 0 Å². The summed E-state index contributed by atoms with van der Waals surface area (Å²) in [4.78, 5) is 0. The third-order valence-corrected chi connectivity index (χ3v) is 6.04. The lowest BCUT2D eigenvalue weighted by Crippen LogP contribution is -2.29. The third kappa shape index (κ3) is 3.14. The van der Waals surface area contributed by atoms with E-state index in [0.717, 1.165) is 24.0 Å². The van der Waals surface area contributed by atoms with Gasteiger partial charge in [0.25, 0.3) is 0 Å². The zero-order valence-corrected chi connectivity index (χ0v) is 14.5. The molecule has 0 aliphatic heterocycles. The molecule has 98 valence electrons. The molecule has 0 fully saturated rings. The van der Waals surface area contributed by atoms with Crippen LogP contribution in [0.3, 0.4) is 0 Å². The molecule has 0 spiro atoms. The van der Waals surface area contributed by atoms with Crippen molar-refractivity contribution in [1.82, 2.24) is 9.78 Å². The number of halogens is 2. The van der Waals surface area contributed by atoms with Crippen molar-refractivity contribution in [3.63, 3.8) is 0 Å². The summed E-state index contributed by atoms with van der Waals surface area (Å²) in [6.45, 7) is 12.0. The number of aryl methyl sites for hydroxylation is 2. The van der Waals surface area contributed by atoms with Crippen LogP contribution in [0.15, 0.2) is 4.47 Å². The van der Waals surface area contributed by atoms with Gasteiger partial charge < -0.3 is 0 Å². The van der Waals surface area contributed by atoms with E-state index in [0.29, 0.717) is 5.92 Å². The number of nitrogens with zero attached hydrogens (tertiary/aromatic N) is 2. The second kappa shape index (κ2) is 5.87. The Bertz CT molecular complexity index is 385. The number of rotatable bonds is 5. The highest BCUT2D eigenvalue weighted by molar-refractivity contribution is 9.10. The first-order valence-corrected chi connectivity index (χ1v) is 8.05. The Labute approximate surface area is 121 Å². The van der Waals surface area contributed by atoms with E-state index in [4.69, 9.17) is 0 Å². The maximum atomic E-state index is 4.56. The zero-order chi connectivity index (χ0) is 13.2. The molecule has 1 aromatic rings. The fraction of sp³-hybridized carbons (Fsp3) is 0.769. The van der Waals surface area contributed by atoms with E-state index in [9.17, 15) is 0 Å². The summed E-state index contributed by atoms with van der Waals surface area (Å²) in [5.74, 6) is 0.634. The highest BCUT2D eigenvalue weighted by Gasteiger charge is 2.30. The first-order valence-electron chi connectivity index (χ1n) is 6.13. The lowest BCUT2D eigenvalue weighted by atomic mass is 9.77. The lowest BCUT2D eigenvalue weighted by molar-refractivity contribution is 0.251. The van der Waals surface area contributed by atoms with Gasteiger partial charge in [0.1, 0.15) is 0 Å². The predicted octanol–water partition coefficient (Wildman–Crippen LogP) is 4.57. The van der Waals surface area contributed by atoms with Gasteiger partial charge >= 0.3 is 0 Å². The van der Waals surface area contributed by atoms with E-state index in [2.05, 4.69) is 76.3 Å². The van der Waals surface area contributed by atoms with Gasteiger partial charge in [-0.1, -0.05) is 36.7 Å². The summed E-state index contributed by atoms with van der Waals surface area (Å²) in [6, 6.07) is 0. The summed E-state index contributed by atoms with van der Waals surface area (Å²) in [6.07, 6.45) is 1.05. The molecule has 0 saturated heterocycles. The van der Waals surface area contributed by atoms with Crippen LogP contribution in [0.25, 0.3) is 0 Å². The normalized spacial score (nSPS) is 15.3. The van der Waals surface area contributed by atoms with Crippen molar-refractivity contribution in [2.24, 2.45) is 11.3 Å². The van der Waals surface area contributed by atoms with E-state index >= 15 is 0 Å². The van der Waals surface area contributed by atoms with Crippen LogP contribution < -0.4 is 0 Å². The summed E-state index contributed by atoms with van der Waals surface area (Å²) in [7, 11) is 0. The van der Waals surface area contributed by atoms with Gasteiger partial charge in [-0.15, -0.1) is 0 Å². The quantitative estimate of drug-likeness (QED) is 0.698. The molecular weight excluding hydrogens is 344 g/mol. The molecule has 4 heteroatoms. The van der Waals surface area contributed by atoms with Crippen LogP contribution in [-0.2, 0) is 13.0 Å².